The van der Waals surface area contributed by atoms with E-state index >= 15 is 0 Å². The van der Waals surface area contributed by atoms with Crippen molar-refractivity contribution in [3.05, 3.63) is 25.3 Å². The number of rotatable bonds is 7. The van der Waals surface area contributed by atoms with Crippen LogP contribution in [0.5, 0.6) is 0 Å². The molecule has 104 valence electrons. The average molecular weight is 273 g/mol. The van der Waals surface area contributed by atoms with Gasteiger partial charge in [0, 0.05) is 12.0 Å². The Morgan fingerprint density at radius 3 is 2.44 bits per heavy atom. The van der Waals surface area contributed by atoms with Crippen molar-refractivity contribution in [1.29, 1.82) is 0 Å². The second kappa shape index (κ2) is 9.17. The number of amides is 1. The van der Waals surface area contributed by atoms with Gasteiger partial charge in [-0.25, -0.2) is 0 Å². The third-order valence-electron chi connectivity index (χ3n) is 3.56. The van der Waals surface area contributed by atoms with Crippen LogP contribution in [-0.4, -0.2) is 18.5 Å². The minimum Gasteiger partial charge on any atom is -0.353 e. The SMILES string of the molecule is C=CCC(CC=C)C(=O)NC1CCCC1CN.Cl. The summed E-state index contributed by atoms with van der Waals surface area (Å²) in [5.74, 6) is 0.547. The summed E-state index contributed by atoms with van der Waals surface area (Å²) in [6.07, 6.45) is 8.36. The van der Waals surface area contributed by atoms with E-state index in [4.69, 9.17) is 5.73 Å². The van der Waals surface area contributed by atoms with Gasteiger partial charge in [-0.1, -0.05) is 18.6 Å². The lowest BCUT2D eigenvalue weighted by Crippen LogP contribution is -2.42. The molecule has 0 aliphatic heterocycles. The lowest BCUT2D eigenvalue weighted by atomic mass is 9.98. The number of allylic oxidation sites excluding steroid dienone is 2. The molecule has 0 radical (unpaired) electrons. The number of nitrogens with one attached hydrogen (secondary N) is 1. The lowest BCUT2D eigenvalue weighted by molar-refractivity contribution is -0.125. The van der Waals surface area contributed by atoms with Gasteiger partial charge in [-0.3, -0.25) is 4.79 Å². The van der Waals surface area contributed by atoms with E-state index in [9.17, 15) is 4.79 Å². The second-order valence-corrected chi connectivity index (χ2v) is 4.79. The molecular weight excluding hydrogens is 248 g/mol. The summed E-state index contributed by atoms with van der Waals surface area (Å²) >= 11 is 0. The maximum absolute atomic E-state index is 12.1. The molecule has 3 N–H and O–H groups in total. The van der Waals surface area contributed by atoms with Crippen LogP contribution in [0.15, 0.2) is 25.3 Å². The third kappa shape index (κ3) is 4.83. The molecule has 1 rings (SSSR count). The summed E-state index contributed by atoms with van der Waals surface area (Å²) in [5.41, 5.74) is 5.71. The van der Waals surface area contributed by atoms with Gasteiger partial charge in [0.05, 0.1) is 0 Å². The van der Waals surface area contributed by atoms with E-state index in [2.05, 4.69) is 18.5 Å². The highest BCUT2D eigenvalue weighted by molar-refractivity contribution is 5.85. The summed E-state index contributed by atoms with van der Waals surface area (Å²) in [7, 11) is 0. The Morgan fingerprint density at radius 1 is 1.33 bits per heavy atom. The van der Waals surface area contributed by atoms with Crippen molar-refractivity contribution in [2.45, 2.75) is 38.1 Å². The fourth-order valence-corrected chi connectivity index (χ4v) is 2.52. The fraction of sp³-hybridized carbons (Fsp3) is 0.643. The van der Waals surface area contributed by atoms with Gasteiger partial charge in [0.15, 0.2) is 0 Å². The number of halogens is 1. The van der Waals surface area contributed by atoms with Crippen LogP contribution >= 0.6 is 12.4 Å². The van der Waals surface area contributed by atoms with E-state index in [0.29, 0.717) is 25.3 Å². The predicted molar refractivity (Wildman–Crippen MR) is 78.7 cm³/mol. The van der Waals surface area contributed by atoms with Crippen LogP contribution in [0.2, 0.25) is 0 Å². The van der Waals surface area contributed by atoms with Crippen LogP contribution in [0.25, 0.3) is 0 Å². The molecule has 1 aliphatic rings. The first-order chi connectivity index (χ1) is 8.22. The molecule has 0 aromatic carbocycles. The van der Waals surface area contributed by atoms with Gasteiger partial charge in [-0.2, -0.15) is 0 Å². The molecule has 0 spiro atoms. The standard InChI is InChI=1S/C14H24N2O.ClH/c1-3-6-11(7-4-2)14(17)16-13-9-5-8-12(13)10-15;/h3-4,11-13H,1-2,5-10,15H2,(H,16,17);1H. The molecule has 1 aliphatic carbocycles. The molecule has 1 amide bonds. The topological polar surface area (TPSA) is 55.1 Å². The zero-order valence-electron chi connectivity index (χ0n) is 10.9. The monoisotopic (exact) mass is 272 g/mol. The second-order valence-electron chi connectivity index (χ2n) is 4.79. The highest BCUT2D eigenvalue weighted by Crippen LogP contribution is 2.25. The first-order valence-electron chi connectivity index (χ1n) is 6.45. The molecule has 2 unspecified atom stereocenters. The van der Waals surface area contributed by atoms with E-state index in [1.165, 1.54) is 6.42 Å². The molecule has 1 fully saturated rings. The fourth-order valence-electron chi connectivity index (χ4n) is 2.52. The van der Waals surface area contributed by atoms with Gasteiger partial charge < -0.3 is 11.1 Å². The lowest BCUT2D eigenvalue weighted by Gasteiger charge is -2.22. The molecule has 3 nitrogen and oxygen atoms in total. The average Bonchev–Trinajstić information content (AvgIpc) is 2.76. The smallest absolute Gasteiger partial charge is 0.223 e. The number of nitrogens with two attached hydrogens (primary N) is 1. The van der Waals surface area contributed by atoms with Gasteiger partial charge in [0.2, 0.25) is 5.91 Å². The Kier molecular flexibility index (Phi) is 8.77. The minimum atomic E-state index is -0.0241. The van der Waals surface area contributed by atoms with Crippen molar-refractivity contribution in [1.82, 2.24) is 5.32 Å². The molecule has 2 atom stereocenters. The minimum absolute atomic E-state index is 0. The van der Waals surface area contributed by atoms with Crippen LogP contribution < -0.4 is 11.1 Å². The molecule has 0 bridgehead atoms. The quantitative estimate of drug-likeness (QED) is 0.700. The summed E-state index contributed by atoms with van der Waals surface area (Å²) in [5, 5.41) is 3.14. The van der Waals surface area contributed by atoms with E-state index in [0.717, 1.165) is 12.8 Å². The predicted octanol–water partition coefficient (Wildman–Crippen LogP) is 2.42. The summed E-state index contributed by atoms with van der Waals surface area (Å²) in [6, 6.07) is 0.268. The van der Waals surface area contributed by atoms with Crippen LogP contribution in [0.3, 0.4) is 0 Å². The maximum atomic E-state index is 12.1. The summed E-state index contributed by atoms with van der Waals surface area (Å²) in [4.78, 5) is 12.1. The normalized spacial score (nSPS) is 22.3. The molecule has 0 heterocycles. The maximum Gasteiger partial charge on any atom is 0.223 e. The van der Waals surface area contributed by atoms with Crippen LogP contribution in [0, 0.1) is 11.8 Å². The van der Waals surface area contributed by atoms with Gasteiger partial charge in [0.1, 0.15) is 0 Å². The molecule has 0 saturated heterocycles. The number of hydrogen-bond donors (Lipinski definition) is 2. The summed E-state index contributed by atoms with van der Waals surface area (Å²) < 4.78 is 0. The van der Waals surface area contributed by atoms with Crippen LogP contribution in [0.1, 0.15) is 32.1 Å². The van der Waals surface area contributed by atoms with E-state index in [-0.39, 0.29) is 30.3 Å². The van der Waals surface area contributed by atoms with Crippen LogP contribution in [0.4, 0.5) is 0 Å². The van der Waals surface area contributed by atoms with E-state index in [1.54, 1.807) is 12.2 Å². The first kappa shape index (κ1) is 17.2. The van der Waals surface area contributed by atoms with Crippen molar-refractivity contribution >= 4 is 18.3 Å². The van der Waals surface area contributed by atoms with Crippen LogP contribution in [-0.2, 0) is 4.79 Å². The van der Waals surface area contributed by atoms with E-state index in [1.807, 2.05) is 0 Å². The zero-order chi connectivity index (χ0) is 12.7. The summed E-state index contributed by atoms with van der Waals surface area (Å²) in [6.45, 7) is 8.05. The Labute approximate surface area is 116 Å². The van der Waals surface area contributed by atoms with Gasteiger partial charge in [0.25, 0.3) is 0 Å². The highest BCUT2D eigenvalue weighted by atomic mass is 35.5. The van der Waals surface area contributed by atoms with Gasteiger partial charge in [-0.05, 0) is 38.1 Å². The third-order valence-corrected chi connectivity index (χ3v) is 3.56. The van der Waals surface area contributed by atoms with Crippen molar-refractivity contribution in [2.75, 3.05) is 6.54 Å². The Hall–Kier alpha value is -0.800. The van der Waals surface area contributed by atoms with Gasteiger partial charge >= 0.3 is 0 Å². The Bertz CT molecular complexity index is 271. The Balaban J connectivity index is 0.00000289. The Morgan fingerprint density at radius 2 is 1.94 bits per heavy atom. The number of carbonyl (C=O) groups excluding carboxylic acids is 1. The molecule has 0 aromatic heterocycles. The van der Waals surface area contributed by atoms with Crippen molar-refractivity contribution in [3.63, 3.8) is 0 Å². The molecular formula is C14H25ClN2O. The zero-order valence-corrected chi connectivity index (χ0v) is 11.8. The first-order valence-corrected chi connectivity index (χ1v) is 6.45. The molecule has 18 heavy (non-hydrogen) atoms. The van der Waals surface area contributed by atoms with Crippen molar-refractivity contribution < 1.29 is 4.79 Å². The largest absolute Gasteiger partial charge is 0.353 e. The van der Waals surface area contributed by atoms with Crippen molar-refractivity contribution in [2.24, 2.45) is 17.6 Å². The van der Waals surface area contributed by atoms with Crippen molar-refractivity contribution in [3.8, 4) is 0 Å². The highest BCUT2D eigenvalue weighted by Gasteiger charge is 2.28. The van der Waals surface area contributed by atoms with Gasteiger partial charge in [-0.15, -0.1) is 25.6 Å². The molecule has 4 heteroatoms. The number of carbonyl (C=O) groups is 1. The van der Waals surface area contributed by atoms with E-state index < -0.39 is 0 Å². The molecule has 1 saturated carbocycles. The number of hydrogen-bond acceptors (Lipinski definition) is 2. The molecule has 0 aromatic rings.